The smallest absolute Gasteiger partial charge is 0.548 e. The van der Waals surface area contributed by atoms with E-state index in [-0.39, 0.29) is 49.0 Å². The minimum atomic E-state index is -1.44. The quantitative estimate of drug-likeness (QED) is 0.366. The van der Waals surface area contributed by atoms with Crippen LogP contribution in [-0.2, 0) is 14.3 Å². The Hall–Kier alpha value is -1.12. The Labute approximate surface area is 120 Å². The number of carboxylic acid groups (broad SMARTS) is 1. The van der Waals surface area contributed by atoms with Gasteiger partial charge < -0.3 is 20.4 Å². The number of aliphatic carboxylic acids is 1. The number of carbonyl (C=O) groups excluding carboxylic acids is 2. The molecule has 0 aliphatic heterocycles. The minimum absolute atomic E-state index is 0. The van der Waals surface area contributed by atoms with E-state index >= 15 is 0 Å². The van der Waals surface area contributed by atoms with E-state index in [0.29, 0.717) is 0 Å². The Morgan fingerprint density at radius 2 is 1.88 bits per heavy atom. The van der Waals surface area contributed by atoms with Crippen molar-refractivity contribution in [2.45, 2.75) is 18.9 Å². The molecule has 0 unspecified atom stereocenters. The summed E-state index contributed by atoms with van der Waals surface area (Å²) in [5, 5.41) is 26.9. The van der Waals surface area contributed by atoms with Crippen molar-refractivity contribution in [3.63, 3.8) is 0 Å². The van der Waals surface area contributed by atoms with Gasteiger partial charge in [0.2, 0.25) is 0 Å². The molecule has 17 heavy (non-hydrogen) atoms. The summed E-state index contributed by atoms with van der Waals surface area (Å²) in [7, 11) is 0. The average molecular weight is 247 g/mol. The summed E-state index contributed by atoms with van der Waals surface area (Å²) in [6, 6.07) is 2.02. The van der Waals surface area contributed by atoms with Crippen LogP contribution in [0.1, 0.15) is 12.8 Å². The molecule has 0 bridgehead atoms. The van der Waals surface area contributed by atoms with Crippen LogP contribution in [0.25, 0.3) is 0 Å². The van der Waals surface area contributed by atoms with Gasteiger partial charge in [0.25, 0.3) is 0 Å². The molecule has 86 valence electrons. The number of esters is 1. The maximum Gasteiger partial charge on any atom is 1.00 e. The maximum atomic E-state index is 11.0. The predicted octanol–water partition coefficient (Wildman–Crippen LogP) is -4.95. The summed E-state index contributed by atoms with van der Waals surface area (Å²) in [5.41, 5.74) is 5.10. The fourth-order valence-electron chi connectivity index (χ4n) is 0.743. The fraction of sp³-hybridized carbons (Fsp3) is 0.556. The van der Waals surface area contributed by atoms with Crippen molar-refractivity contribution in [3.05, 3.63) is 0 Å². The Morgan fingerprint density at radius 1 is 1.35 bits per heavy atom. The van der Waals surface area contributed by atoms with Gasteiger partial charge in [0.1, 0.15) is 6.61 Å². The molecule has 7 nitrogen and oxygen atoms in total. The number of carboxylic acids is 1. The molecule has 0 rings (SSSR count). The Morgan fingerprint density at radius 3 is 2.29 bits per heavy atom. The van der Waals surface area contributed by atoms with E-state index < -0.39 is 23.9 Å². The first-order valence-electron chi connectivity index (χ1n) is 4.42. The van der Waals surface area contributed by atoms with Gasteiger partial charge >= 0.3 is 35.5 Å². The van der Waals surface area contributed by atoms with Crippen LogP contribution in [0.15, 0.2) is 0 Å². The second kappa shape index (κ2) is 10.1. The first kappa shape index (κ1) is 18.3. The number of hydrogen-bond donors (Lipinski definition) is 1. The van der Waals surface area contributed by atoms with E-state index in [2.05, 4.69) is 4.74 Å². The average Bonchev–Trinajstić information content (AvgIpc) is 2.27. The molecule has 0 saturated heterocycles. The molecule has 1 atom stereocenters. The molecule has 0 aromatic carbocycles. The van der Waals surface area contributed by atoms with Crippen LogP contribution in [0.4, 0.5) is 0 Å². The summed E-state index contributed by atoms with van der Waals surface area (Å²) in [4.78, 5) is 21.2. The van der Waals surface area contributed by atoms with Crippen LogP contribution < -0.4 is 40.4 Å². The summed E-state index contributed by atoms with van der Waals surface area (Å²) in [5.74, 6) is -3.16. The zero-order chi connectivity index (χ0) is 12.6. The van der Waals surface area contributed by atoms with Gasteiger partial charge in [-0.1, -0.05) is 0 Å². The number of nitrogens with zero attached hydrogens (tertiary/aromatic N) is 2. The number of nitrogens with two attached hydrogens (primary N) is 1. The molecule has 0 aromatic rings. The third kappa shape index (κ3) is 8.66. The largest absolute Gasteiger partial charge is 1.00 e. The van der Waals surface area contributed by atoms with Crippen molar-refractivity contribution in [2.24, 2.45) is 11.7 Å². The van der Waals surface area contributed by atoms with Crippen LogP contribution in [0.2, 0.25) is 0 Å². The Bertz CT molecular complexity index is 333. The Kier molecular flexibility index (Phi) is 10.8. The SMILES string of the molecule is N#CC(C#N)COC(=O)CC[C@H](N)C(=O)[O-].[Na+]. The van der Waals surface area contributed by atoms with E-state index in [0.717, 1.165) is 0 Å². The van der Waals surface area contributed by atoms with E-state index in [4.69, 9.17) is 16.3 Å². The van der Waals surface area contributed by atoms with E-state index in [1.807, 2.05) is 0 Å². The van der Waals surface area contributed by atoms with Gasteiger partial charge in [-0.25, -0.2) is 0 Å². The van der Waals surface area contributed by atoms with Crippen molar-refractivity contribution >= 4 is 11.9 Å². The molecule has 0 saturated carbocycles. The van der Waals surface area contributed by atoms with E-state index in [1.165, 1.54) is 0 Å². The van der Waals surface area contributed by atoms with Gasteiger partial charge in [-0.15, -0.1) is 0 Å². The molecule has 0 spiro atoms. The van der Waals surface area contributed by atoms with Gasteiger partial charge in [-0.05, 0) is 6.42 Å². The second-order valence-electron chi connectivity index (χ2n) is 2.96. The number of nitriles is 2. The van der Waals surface area contributed by atoms with Crippen molar-refractivity contribution in [1.29, 1.82) is 10.5 Å². The Balaban J connectivity index is 0. The van der Waals surface area contributed by atoms with Gasteiger partial charge in [0.05, 0.1) is 18.1 Å². The number of carbonyl (C=O) groups is 2. The maximum absolute atomic E-state index is 11.0. The molecule has 0 aliphatic rings. The van der Waals surface area contributed by atoms with Gasteiger partial charge in [0, 0.05) is 12.5 Å². The van der Waals surface area contributed by atoms with Crippen molar-refractivity contribution in [3.8, 4) is 12.1 Å². The number of ether oxygens (including phenoxy) is 1. The molecule has 0 aliphatic carbocycles. The zero-order valence-corrected chi connectivity index (χ0v) is 11.4. The molecule has 0 aromatic heterocycles. The van der Waals surface area contributed by atoms with Crippen molar-refractivity contribution < 1.29 is 49.0 Å². The molecule has 0 heterocycles. The second-order valence-corrected chi connectivity index (χ2v) is 2.96. The van der Waals surface area contributed by atoms with Gasteiger partial charge in [0.15, 0.2) is 5.92 Å². The van der Waals surface area contributed by atoms with Crippen LogP contribution in [0.3, 0.4) is 0 Å². The molecule has 0 radical (unpaired) electrons. The van der Waals surface area contributed by atoms with Crippen LogP contribution in [0.5, 0.6) is 0 Å². The predicted molar refractivity (Wildman–Crippen MR) is 47.9 cm³/mol. The van der Waals surface area contributed by atoms with Gasteiger partial charge in [-0.3, -0.25) is 4.79 Å². The molecule has 8 heteroatoms. The first-order chi connectivity index (χ1) is 7.51. The molecular formula is C9H10N3NaO4. The number of hydrogen-bond acceptors (Lipinski definition) is 7. The molecular weight excluding hydrogens is 237 g/mol. The topological polar surface area (TPSA) is 140 Å². The standard InChI is InChI=1S/C9H11N3O4.Na/c10-3-6(4-11)5-16-8(13)2-1-7(12)9(14)15;/h6-7H,1-2,5,12H2,(H,14,15);/q;+1/p-1/t7-;/m0./s1. The minimum Gasteiger partial charge on any atom is -0.548 e. The number of rotatable bonds is 6. The third-order valence-corrected chi connectivity index (χ3v) is 1.68. The molecule has 0 amide bonds. The van der Waals surface area contributed by atoms with Crippen LogP contribution >= 0.6 is 0 Å². The molecule has 2 N–H and O–H groups in total. The summed E-state index contributed by atoms with van der Waals surface area (Å²) in [6.07, 6.45) is -0.302. The molecule has 0 fully saturated rings. The van der Waals surface area contributed by atoms with Crippen molar-refractivity contribution in [1.82, 2.24) is 0 Å². The zero-order valence-electron chi connectivity index (χ0n) is 9.38. The summed E-state index contributed by atoms with van der Waals surface area (Å²) >= 11 is 0. The first-order valence-corrected chi connectivity index (χ1v) is 4.42. The van der Waals surface area contributed by atoms with Crippen LogP contribution in [-0.4, -0.2) is 24.6 Å². The van der Waals surface area contributed by atoms with Gasteiger partial charge in [-0.2, -0.15) is 10.5 Å². The summed E-state index contributed by atoms with van der Waals surface area (Å²) in [6.45, 7) is -0.327. The normalized spacial score (nSPS) is 10.6. The monoisotopic (exact) mass is 247 g/mol. The fourth-order valence-corrected chi connectivity index (χ4v) is 0.743. The van der Waals surface area contributed by atoms with E-state index in [9.17, 15) is 14.7 Å². The summed E-state index contributed by atoms with van der Waals surface area (Å²) < 4.78 is 4.56. The third-order valence-electron chi connectivity index (χ3n) is 1.68. The van der Waals surface area contributed by atoms with Crippen molar-refractivity contribution in [2.75, 3.05) is 6.61 Å². The van der Waals surface area contributed by atoms with E-state index in [1.54, 1.807) is 12.1 Å². The van der Waals surface area contributed by atoms with Crippen LogP contribution in [0, 0.1) is 28.6 Å².